The molecule has 0 spiro atoms. The van der Waals surface area contributed by atoms with Crippen LogP contribution in [0.15, 0.2) is 45.1 Å². The number of nitrogens with zero attached hydrogens (tertiary/aromatic N) is 5. The molecule has 1 amide bonds. The minimum atomic E-state index is 0.184. The van der Waals surface area contributed by atoms with Crippen molar-refractivity contribution >= 4 is 35.2 Å². The fourth-order valence-electron chi connectivity index (χ4n) is 4.16. The van der Waals surface area contributed by atoms with Crippen LogP contribution in [0.3, 0.4) is 0 Å². The Balaban J connectivity index is 1.37. The van der Waals surface area contributed by atoms with Crippen molar-refractivity contribution in [2.45, 2.75) is 42.4 Å². The van der Waals surface area contributed by atoms with Gasteiger partial charge in [-0.3, -0.25) is 4.79 Å². The summed E-state index contributed by atoms with van der Waals surface area (Å²) in [7, 11) is 0. The molecule has 0 aliphatic carbocycles. The largest absolute Gasteiger partial charge is 0.461 e. The molecule has 0 radical (unpaired) electrons. The lowest BCUT2D eigenvalue weighted by Crippen LogP contribution is -2.05. The molecule has 1 saturated heterocycles. The van der Waals surface area contributed by atoms with Gasteiger partial charge >= 0.3 is 0 Å². The molecule has 1 unspecified atom stereocenters. The van der Waals surface area contributed by atoms with Gasteiger partial charge in [0.1, 0.15) is 17.8 Å². The number of carbonyl (C=O) groups is 1. The van der Waals surface area contributed by atoms with Crippen LogP contribution in [0, 0.1) is 6.92 Å². The second-order valence-electron chi connectivity index (χ2n) is 8.29. The van der Waals surface area contributed by atoms with Crippen molar-refractivity contribution in [2.24, 2.45) is 0 Å². The van der Waals surface area contributed by atoms with Crippen molar-refractivity contribution < 1.29 is 18.7 Å². The predicted octanol–water partition coefficient (Wildman–Crippen LogP) is 3.48. The number of hydrogen-bond donors (Lipinski definition) is 1. The quantitative estimate of drug-likeness (QED) is 0.300. The average Bonchev–Trinajstić information content (AvgIpc) is 3.12. The third kappa shape index (κ3) is 3.71. The first-order valence-electron chi connectivity index (χ1n) is 11.0. The summed E-state index contributed by atoms with van der Waals surface area (Å²) < 4.78 is 19.2. The lowest BCUT2D eigenvalue weighted by atomic mass is 10.1. The summed E-state index contributed by atoms with van der Waals surface area (Å²) >= 11 is 1.49. The van der Waals surface area contributed by atoms with Gasteiger partial charge in [-0.1, -0.05) is 11.8 Å². The highest BCUT2D eigenvalue weighted by Gasteiger charge is 2.31. The number of aryl methyl sites for hydroxylation is 2. The first kappa shape index (κ1) is 20.8. The molecule has 11 heteroatoms. The molecule has 2 aliphatic rings. The van der Waals surface area contributed by atoms with Crippen LogP contribution in [0.5, 0.6) is 11.5 Å². The van der Waals surface area contributed by atoms with Crippen LogP contribution in [-0.4, -0.2) is 50.2 Å². The number of aromatic nitrogens is 4. The van der Waals surface area contributed by atoms with Crippen LogP contribution in [0.4, 0.5) is 5.82 Å². The van der Waals surface area contributed by atoms with Crippen molar-refractivity contribution in [3.63, 3.8) is 0 Å². The van der Waals surface area contributed by atoms with Crippen LogP contribution in [0.25, 0.3) is 22.5 Å². The maximum Gasteiger partial charge on any atom is 0.231 e. The van der Waals surface area contributed by atoms with E-state index >= 15 is 0 Å². The molecule has 10 nitrogen and oxygen atoms in total. The van der Waals surface area contributed by atoms with Gasteiger partial charge in [0, 0.05) is 29.6 Å². The van der Waals surface area contributed by atoms with E-state index in [4.69, 9.17) is 24.6 Å². The van der Waals surface area contributed by atoms with Crippen LogP contribution >= 0.6 is 11.8 Å². The van der Waals surface area contributed by atoms with E-state index in [0.29, 0.717) is 41.1 Å². The predicted molar refractivity (Wildman–Crippen MR) is 125 cm³/mol. The maximum atomic E-state index is 10.9. The lowest BCUT2D eigenvalue weighted by Gasteiger charge is -2.11. The molecule has 5 heterocycles. The Labute approximate surface area is 199 Å². The highest BCUT2D eigenvalue weighted by atomic mass is 32.2. The summed E-state index contributed by atoms with van der Waals surface area (Å²) in [5.41, 5.74) is 8.27. The highest BCUT2D eigenvalue weighted by molar-refractivity contribution is 7.99. The molecule has 0 saturated carbocycles. The normalized spacial score (nSPS) is 16.4. The molecule has 34 heavy (non-hydrogen) atoms. The third-order valence-corrected chi connectivity index (χ3v) is 7.07. The summed E-state index contributed by atoms with van der Waals surface area (Å²) in [6.45, 7) is 3.62. The Kier molecular flexibility index (Phi) is 5.05. The minimum Gasteiger partial charge on any atom is -0.461 e. The Morgan fingerprint density at radius 2 is 2.09 bits per heavy atom. The van der Waals surface area contributed by atoms with Gasteiger partial charge in [0.05, 0.1) is 0 Å². The summed E-state index contributed by atoms with van der Waals surface area (Å²) in [5, 5.41) is 0.744. The Morgan fingerprint density at radius 1 is 1.24 bits per heavy atom. The summed E-state index contributed by atoms with van der Waals surface area (Å²) in [5.74, 6) is 3.26. The van der Waals surface area contributed by atoms with E-state index < -0.39 is 0 Å². The number of rotatable bonds is 8. The SMILES string of the molecule is Cc1ccc(-c2cc3c(cc2Sc2nc4c(N)ncnc4n2CCCC2CN2C=O)OCO3)o1. The number of carbonyl (C=O) groups excluding carboxylic acids is 1. The minimum absolute atomic E-state index is 0.184. The van der Waals surface area contributed by atoms with Crippen LogP contribution in [-0.2, 0) is 11.3 Å². The molecule has 1 fully saturated rings. The fourth-order valence-corrected chi connectivity index (χ4v) is 5.22. The van der Waals surface area contributed by atoms with Gasteiger partial charge in [0.2, 0.25) is 13.2 Å². The second-order valence-corrected chi connectivity index (χ2v) is 9.30. The van der Waals surface area contributed by atoms with E-state index in [9.17, 15) is 4.79 Å². The number of anilines is 1. The van der Waals surface area contributed by atoms with Crippen molar-refractivity contribution in [3.8, 4) is 22.8 Å². The van der Waals surface area contributed by atoms with Crippen LogP contribution in [0.2, 0.25) is 0 Å². The maximum absolute atomic E-state index is 10.9. The van der Waals surface area contributed by atoms with Gasteiger partial charge in [-0.05, 0) is 44.0 Å². The van der Waals surface area contributed by atoms with Crippen molar-refractivity contribution in [1.29, 1.82) is 0 Å². The average molecular weight is 479 g/mol. The van der Waals surface area contributed by atoms with Crippen molar-refractivity contribution in [1.82, 2.24) is 24.4 Å². The van der Waals surface area contributed by atoms with Gasteiger partial charge in [0.25, 0.3) is 0 Å². The first-order chi connectivity index (χ1) is 16.6. The van der Waals surface area contributed by atoms with Gasteiger partial charge in [0.15, 0.2) is 33.6 Å². The summed E-state index contributed by atoms with van der Waals surface area (Å²) in [4.78, 5) is 27.0. The molecule has 1 atom stereocenters. The second kappa shape index (κ2) is 8.24. The number of benzene rings is 1. The molecule has 3 aromatic heterocycles. The Hall–Kier alpha value is -3.73. The monoisotopic (exact) mass is 478 g/mol. The van der Waals surface area contributed by atoms with E-state index in [1.54, 1.807) is 4.90 Å². The number of fused-ring (bicyclic) bond motifs is 2. The zero-order chi connectivity index (χ0) is 23.2. The number of nitrogens with two attached hydrogens (primary N) is 1. The summed E-state index contributed by atoms with van der Waals surface area (Å²) in [6.07, 6.45) is 4.16. The van der Waals surface area contributed by atoms with Crippen molar-refractivity contribution in [2.75, 3.05) is 19.1 Å². The Bertz CT molecular complexity index is 1400. The van der Waals surface area contributed by atoms with Gasteiger partial charge < -0.3 is 29.1 Å². The van der Waals surface area contributed by atoms with Crippen LogP contribution < -0.4 is 15.2 Å². The van der Waals surface area contributed by atoms with Gasteiger partial charge in [-0.25, -0.2) is 15.0 Å². The number of ether oxygens (including phenoxy) is 2. The van der Waals surface area contributed by atoms with Crippen molar-refractivity contribution in [3.05, 3.63) is 36.4 Å². The molecule has 174 valence electrons. The number of amides is 1. The number of imidazole rings is 1. The van der Waals surface area contributed by atoms with Gasteiger partial charge in [-0.15, -0.1) is 0 Å². The molecule has 2 aliphatic heterocycles. The van der Waals surface area contributed by atoms with Crippen LogP contribution in [0.1, 0.15) is 18.6 Å². The molecule has 6 rings (SSSR count). The highest BCUT2D eigenvalue weighted by Crippen LogP contribution is 2.45. The standard InChI is InChI=1S/C23H22N6O4S/c1-13-4-5-16(33-13)15-7-17-18(32-12-31-17)8-19(15)34-23-27-20-21(24)25-10-26-22(20)29(23)6-2-3-14-9-28(14)11-30/h4-5,7-8,10-11,14H,2-3,6,9,12H2,1H3,(H2,24,25,26). The molecular formula is C23H22N6O4S. The third-order valence-electron chi connectivity index (χ3n) is 6.02. The molecule has 0 bridgehead atoms. The number of furan rings is 1. The molecule has 4 aromatic rings. The lowest BCUT2D eigenvalue weighted by molar-refractivity contribution is -0.113. The Morgan fingerprint density at radius 3 is 2.85 bits per heavy atom. The first-order valence-corrected chi connectivity index (χ1v) is 11.8. The molecule has 1 aromatic carbocycles. The zero-order valence-electron chi connectivity index (χ0n) is 18.4. The molecular weight excluding hydrogens is 456 g/mol. The van der Waals surface area contributed by atoms with E-state index in [1.165, 1.54) is 18.1 Å². The van der Waals surface area contributed by atoms with E-state index in [0.717, 1.165) is 52.9 Å². The van der Waals surface area contributed by atoms with Gasteiger partial charge in [-0.2, -0.15) is 0 Å². The van der Waals surface area contributed by atoms with E-state index in [-0.39, 0.29) is 6.79 Å². The van der Waals surface area contributed by atoms with E-state index in [1.807, 2.05) is 31.2 Å². The summed E-state index contributed by atoms with van der Waals surface area (Å²) in [6, 6.07) is 8.08. The topological polar surface area (TPSA) is 121 Å². The smallest absolute Gasteiger partial charge is 0.231 e. The van der Waals surface area contributed by atoms with E-state index in [2.05, 4.69) is 14.5 Å². The zero-order valence-corrected chi connectivity index (χ0v) is 19.2. The molecule has 2 N–H and O–H groups in total. The number of hydrogen-bond acceptors (Lipinski definition) is 9. The number of nitrogen functional groups attached to an aromatic ring is 1. The fraction of sp³-hybridized carbons (Fsp3) is 0.304.